The van der Waals surface area contributed by atoms with Crippen molar-refractivity contribution in [2.24, 2.45) is 0 Å². The Balaban J connectivity index is 2.41. The van der Waals surface area contributed by atoms with Crippen molar-refractivity contribution in [2.75, 3.05) is 17.1 Å². The first-order valence-corrected chi connectivity index (χ1v) is 8.11. The van der Waals surface area contributed by atoms with Crippen LogP contribution in [0.4, 0.5) is 15.8 Å². The van der Waals surface area contributed by atoms with E-state index in [9.17, 15) is 12.8 Å². The third-order valence-corrected chi connectivity index (χ3v) is 4.69. The maximum atomic E-state index is 13.0. The molecule has 20 heavy (non-hydrogen) atoms. The summed E-state index contributed by atoms with van der Waals surface area (Å²) in [5, 5.41) is 2.66. The van der Waals surface area contributed by atoms with Gasteiger partial charge in [0.15, 0.2) is 5.03 Å². The van der Waals surface area contributed by atoms with Crippen molar-refractivity contribution in [3.63, 3.8) is 0 Å². The average molecular weight is 407 g/mol. The molecule has 0 fully saturated rings. The van der Waals surface area contributed by atoms with Crippen molar-refractivity contribution in [3.8, 4) is 0 Å². The highest BCUT2D eigenvalue weighted by Gasteiger charge is 2.20. The monoisotopic (exact) mass is 407 g/mol. The molecule has 1 aromatic heterocycles. The Morgan fingerprint density at radius 2 is 2.00 bits per heavy atom. The summed E-state index contributed by atoms with van der Waals surface area (Å²) in [6, 6.07) is 7.05. The Hall–Kier alpha value is -1.42. The molecule has 2 rings (SSSR count). The maximum absolute atomic E-state index is 13.0. The van der Waals surface area contributed by atoms with Gasteiger partial charge in [-0.25, -0.2) is 9.37 Å². The molecule has 0 bridgehead atoms. The lowest BCUT2D eigenvalue weighted by Gasteiger charge is -2.12. The first-order valence-electron chi connectivity index (χ1n) is 5.54. The molecule has 8 heteroatoms. The van der Waals surface area contributed by atoms with Crippen LogP contribution in [0.2, 0.25) is 0 Å². The second kappa shape index (κ2) is 5.92. The molecule has 0 saturated carbocycles. The second-order valence-electron chi connectivity index (χ2n) is 3.84. The smallest absolute Gasteiger partial charge is 0.281 e. The highest BCUT2D eigenvalue weighted by atomic mass is 127. The van der Waals surface area contributed by atoms with Crippen molar-refractivity contribution in [2.45, 2.75) is 5.03 Å². The lowest BCUT2D eigenvalue weighted by atomic mass is 10.3. The van der Waals surface area contributed by atoms with Crippen LogP contribution < -0.4 is 10.0 Å². The number of hydrogen-bond donors (Lipinski definition) is 2. The highest BCUT2D eigenvalue weighted by Crippen LogP contribution is 2.24. The Kier molecular flexibility index (Phi) is 4.43. The van der Waals surface area contributed by atoms with Gasteiger partial charge in [0.1, 0.15) is 5.82 Å². The fraction of sp³-hybridized carbons (Fsp3) is 0.0833. The van der Waals surface area contributed by atoms with Crippen LogP contribution in [0.25, 0.3) is 0 Å². The van der Waals surface area contributed by atoms with Crippen LogP contribution in [-0.2, 0) is 10.0 Å². The van der Waals surface area contributed by atoms with Gasteiger partial charge in [-0.3, -0.25) is 4.72 Å². The molecule has 1 aromatic carbocycles. The Morgan fingerprint density at radius 1 is 1.25 bits per heavy atom. The van der Waals surface area contributed by atoms with Gasteiger partial charge in [-0.2, -0.15) is 8.42 Å². The van der Waals surface area contributed by atoms with Crippen LogP contribution in [0.3, 0.4) is 0 Å². The third-order valence-electron chi connectivity index (χ3n) is 2.47. The first kappa shape index (κ1) is 15.0. The summed E-state index contributed by atoms with van der Waals surface area (Å²) in [6.45, 7) is 0. The van der Waals surface area contributed by atoms with Crippen LogP contribution in [-0.4, -0.2) is 20.4 Å². The summed E-state index contributed by atoms with van der Waals surface area (Å²) < 4.78 is 40.5. The predicted molar refractivity (Wildman–Crippen MR) is 83.7 cm³/mol. The number of benzene rings is 1. The van der Waals surface area contributed by atoms with Crippen LogP contribution >= 0.6 is 22.6 Å². The summed E-state index contributed by atoms with van der Waals surface area (Å²) in [6.07, 6.45) is 1.39. The van der Waals surface area contributed by atoms with Gasteiger partial charge in [0.25, 0.3) is 10.0 Å². The van der Waals surface area contributed by atoms with Crippen LogP contribution in [0, 0.1) is 9.39 Å². The zero-order valence-corrected chi connectivity index (χ0v) is 13.4. The largest absolute Gasteiger partial charge is 0.386 e. The molecule has 0 unspecified atom stereocenters. The number of hydrogen-bond acceptors (Lipinski definition) is 4. The van der Waals surface area contributed by atoms with Gasteiger partial charge < -0.3 is 5.32 Å². The average Bonchev–Trinajstić information content (AvgIpc) is 2.42. The van der Waals surface area contributed by atoms with Gasteiger partial charge >= 0.3 is 0 Å². The summed E-state index contributed by atoms with van der Waals surface area (Å²) in [5.74, 6) is -0.425. The molecule has 2 aromatic rings. The number of rotatable bonds is 4. The third kappa shape index (κ3) is 3.18. The van der Waals surface area contributed by atoms with E-state index in [2.05, 4.69) is 15.0 Å². The lowest BCUT2D eigenvalue weighted by Crippen LogP contribution is -2.17. The highest BCUT2D eigenvalue weighted by molar-refractivity contribution is 14.1. The van der Waals surface area contributed by atoms with E-state index in [-0.39, 0.29) is 5.03 Å². The zero-order chi connectivity index (χ0) is 14.8. The summed E-state index contributed by atoms with van der Waals surface area (Å²) in [5.41, 5.74) is 0.692. The quantitative estimate of drug-likeness (QED) is 0.765. The fourth-order valence-electron chi connectivity index (χ4n) is 1.56. The number of halogens is 2. The summed E-state index contributed by atoms with van der Waals surface area (Å²) in [7, 11) is -2.23. The SMILES string of the molecule is CNc1cccnc1S(=O)(=O)Nc1ccc(F)cc1I. The summed E-state index contributed by atoms with van der Waals surface area (Å²) in [4.78, 5) is 3.88. The molecule has 0 saturated heterocycles. The van der Waals surface area contributed by atoms with E-state index < -0.39 is 15.8 Å². The first-order chi connectivity index (χ1) is 9.44. The Bertz CT molecular complexity index is 737. The minimum atomic E-state index is -3.84. The van der Waals surface area contributed by atoms with E-state index in [1.165, 1.54) is 24.4 Å². The van der Waals surface area contributed by atoms with Crippen molar-refractivity contribution in [1.82, 2.24) is 4.98 Å². The van der Waals surface area contributed by atoms with Gasteiger partial charge in [0.2, 0.25) is 0 Å². The van der Waals surface area contributed by atoms with E-state index in [0.717, 1.165) is 0 Å². The van der Waals surface area contributed by atoms with Gasteiger partial charge in [-0.15, -0.1) is 0 Å². The Morgan fingerprint density at radius 3 is 2.65 bits per heavy atom. The van der Waals surface area contributed by atoms with Gasteiger partial charge in [-0.1, -0.05) is 0 Å². The number of nitrogens with zero attached hydrogens (tertiary/aromatic N) is 1. The number of nitrogens with one attached hydrogen (secondary N) is 2. The normalized spacial score (nSPS) is 11.2. The van der Waals surface area contributed by atoms with Crippen LogP contribution in [0.1, 0.15) is 0 Å². The van der Waals surface area contributed by atoms with Crippen molar-refractivity contribution < 1.29 is 12.8 Å². The van der Waals surface area contributed by atoms with Crippen LogP contribution in [0.15, 0.2) is 41.6 Å². The van der Waals surface area contributed by atoms with E-state index >= 15 is 0 Å². The molecule has 0 amide bonds. The predicted octanol–water partition coefficient (Wildman–Crippen LogP) is 2.67. The molecule has 1 heterocycles. The number of sulfonamides is 1. The molecule has 0 spiro atoms. The molecule has 2 N–H and O–H groups in total. The number of anilines is 2. The molecular formula is C12H11FIN3O2S. The standard InChI is InChI=1S/C12H11FIN3O2S/c1-15-11-3-2-6-16-12(11)20(18,19)17-10-5-4-8(13)7-9(10)14/h2-7,15,17H,1H3. The molecule has 106 valence electrons. The van der Waals surface area contributed by atoms with E-state index in [1.54, 1.807) is 19.2 Å². The van der Waals surface area contributed by atoms with E-state index in [4.69, 9.17) is 0 Å². The van der Waals surface area contributed by atoms with Gasteiger partial charge in [0, 0.05) is 16.8 Å². The van der Waals surface area contributed by atoms with Crippen molar-refractivity contribution in [3.05, 3.63) is 45.9 Å². The zero-order valence-electron chi connectivity index (χ0n) is 10.4. The van der Waals surface area contributed by atoms with Gasteiger partial charge in [-0.05, 0) is 52.9 Å². The van der Waals surface area contributed by atoms with E-state index in [0.29, 0.717) is 14.9 Å². The lowest BCUT2D eigenvalue weighted by molar-refractivity contribution is 0.597. The maximum Gasteiger partial charge on any atom is 0.281 e. The fourth-order valence-corrected chi connectivity index (χ4v) is 3.58. The number of aromatic nitrogens is 1. The molecule has 5 nitrogen and oxygen atoms in total. The summed E-state index contributed by atoms with van der Waals surface area (Å²) >= 11 is 1.86. The molecule has 0 aliphatic rings. The minimum absolute atomic E-state index is 0.109. The molecule has 0 aliphatic carbocycles. The van der Waals surface area contributed by atoms with Gasteiger partial charge in [0.05, 0.1) is 11.4 Å². The van der Waals surface area contributed by atoms with Crippen molar-refractivity contribution in [1.29, 1.82) is 0 Å². The topological polar surface area (TPSA) is 71.1 Å². The molecule has 0 radical (unpaired) electrons. The molecule has 0 aliphatic heterocycles. The van der Waals surface area contributed by atoms with Crippen LogP contribution in [0.5, 0.6) is 0 Å². The Labute approximate surface area is 129 Å². The van der Waals surface area contributed by atoms with Crippen molar-refractivity contribution >= 4 is 44.0 Å². The molecule has 0 atom stereocenters. The number of pyridine rings is 1. The van der Waals surface area contributed by atoms with E-state index in [1.807, 2.05) is 22.6 Å². The minimum Gasteiger partial charge on any atom is -0.386 e. The second-order valence-corrected chi connectivity index (χ2v) is 6.60. The molecular weight excluding hydrogens is 396 g/mol.